The zero-order chi connectivity index (χ0) is 31.4. The number of carbonyl (C=O) groups is 2. The molecule has 1 aliphatic heterocycles. The van der Waals surface area contributed by atoms with Crippen LogP contribution in [0.4, 0.5) is 5.69 Å². The average Bonchev–Trinajstić information content (AvgIpc) is 3.16. The summed E-state index contributed by atoms with van der Waals surface area (Å²) in [7, 11) is 3.50. The van der Waals surface area contributed by atoms with Crippen molar-refractivity contribution in [1.29, 1.82) is 0 Å². The lowest BCUT2D eigenvalue weighted by Gasteiger charge is -2.22. The van der Waals surface area contributed by atoms with Crippen molar-refractivity contribution >= 4 is 41.7 Å². The van der Waals surface area contributed by atoms with Crippen LogP contribution < -0.4 is 11.6 Å². The SMILES string of the molecule is CCCN(CCC)C(=O)C1=Cc2ccc(-c3ccc(C=O)c(/C=C\N(C)CCC(=NN=[N+]=[N-])N(C)N)c3)cc2N=C(N)C1. The molecule has 0 atom stereocenters. The van der Waals surface area contributed by atoms with Gasteiger partial charge in [0.2, 0.25) is 11.7 Å². The first-order valence-electron chi connectivity index (χ1n) is 14.2. The van der Waals surface area contributed by atoms with Crippen LogP contribution >= 0.6 is 0 Å². The van der Waals surface area contributed by atoms with Gasteiger partial charge in [-0.2, -0.15) is 4.91 Å². The Kier molecular flexibility index (Phi) is 12.1. The number of azide groups is 1. The fourth-order valence-corrected chi connectivity index (χ4v) is 4.70. The van der Waals surface area contributed by atoms with E-state index >= 15 is 0 Å². The molecule has 3 rings (SSSR count). The van der Waals surface area contributed by atoms with E-state index < -0.39 is 0 Å². The van der Waals surface area contributed by atoms with E-state index in [1.807, 2.05) is 65.5 Å². The number of hydrogen-bond acceptors (Lipinski definition) is 7. The van der Waals surface area contributed by atoms with Gasteiger partial charge in [0.05, 0.1) is 5.69 Å². The van der Waals surface area contributed by atoms with Crippen LogP contribution in [0.3, 0.4) is 0 Å². The van der Waals surface area contributed by atoms with Crippen molar-refractivity contribution in [2.75, 3.05) is 33.7 Å². The predicted molar refractivity (Wildman–Crippen MR) is 173 cm³/mol. The molecule has 1 heterocycles. The van der Waals surface area contributed by atoms with Gasteiger partial charge >= 0.3 is 0 Å². The average molecular weight is 585 g/mol. The summed E-state index contributed by atoms with van der Waals surface area (Å²) in [4.78, 5) is 36.2. The molecule has 0 spiro atoms. The molecule has 1 aliphatic rings. The normalized spacial score (nSPS) is 12.9. The molecule has 0 saturated heterocycles. The van der Waals surface area contributed by atoms with E-state index in [1.54, 1.807) is 13.1 Å². The van der Waals surface area contributed by atoms with Crippen LogP contribution in [0.2, 0.25) is 0 Å². The molecular formula is C31H40N10O2. The molecule has 12 heteroatoms. The van der Waals surface area contributed by atoms with Crippen LogP contribution in [-0.4, -0.2) is 72.4 Å². The number of rotatable bonds is 13. The number of hydrogen-bond donors (Lipinski definition) is 2. The molecule has 1 amide bonds. The van der Waals surface area contributed by atoms with Gasteiger partial charge in [0, 0.05) is 68.5 Å². The largest absolute Gasteiger partial charge is 0.387 e. The topological polar surface area (TPSA) is 169 Å². The first-order chi connectivity index (χ1) is 20.7. The Balaban J connectivity index is 1.87. The lowest BCUT2D eigenvalue weighted by atomic mass is 9.97. The highest BCUT2D eigenvalue weighted by molar-refractivity contribution is 6.05. The van der Waals surface area contributed by atoms with Crippen molar-refractivity contribution in [3.63, 3.8) is 0 Å². The second-order valence-electron chi connectivity index (χ2n) is 10.3. The molecular weight excluding hydrogens is 544 g/mol. The summed E-state index contributed by atoms with van der Waals surface area (Å²) in [6.07, 6.45) is 8.96. The molecule has 0 radical (unpaired) electrons. The molecule has 0 unspecified atom stereocenters. The van der Waals surface area contributed by atoms with E-state index in [1.165, 1.54) is 5.01 Å². The summed E-state index contributed by atoms with van der Waals surface area (Å²) in [5.41, 5.74) is 20.1. The third-order valence-corrected chi connectivity index (χ3v) is 6.90. The summed E-state index contributed by atoms with van der Waals surface area (Å²) < 4.78 is 0. The van der Waals surface area contributed by atoms with E-state index in [0.717, 1.165) is 41.4 Å². The fourth-order valence-electron chi connectivity index (χ4n) is 4.70. The molecule has 12 nitrogen and oxygen atoms in total. The number of nitrogens with two attached hydrogens (primary N) is 2. The molecule has 0 saturated carbocycles. The molecule has 4 N–H and O–H groups in total. The third kappa shape index (κ3) is 9.03. The van der Waals surface area contributed by atoms with E-state index in [-0.39, 0.29) is 5.91 Å². The van der Waals surface area contributed by atoms with Gasteiger partial charge in [-0.25, -0.2) is 10.8 Å². The van der Waals surface area contributed by atoms with Crippen molar-refractivity contribution in [2.45, 2.75) is 39.5 Å². The fraction of sp³-hybridized carbons (Fsp3) is 0.355. The summed E-state index contributed by atoms with van der Waals surface area (Å²) in [5.74, 6) is 6.58. The van der Waals surface area contributed by atoms with E-state index in [9.17, 15) is 9.59 Å². The quantitative estimate of drug-likeness (QED) is 0.0472. The number of aliphatic imine (C=N–C) groups is 1. The maximum absolute atomic E-state index is 13.3. The molecule has 2 aromatic rings. The zero-order valence-corrected chi connectivity index (χ0v) is 25.3. The van der Waals surface area contributed by atoms with Gasteiger partial charge < -0.3 is 15.5 Å². The highest BCUT2D eigenvalue weighted by atomic mass is 16.2. The minimum atomic E-state index is -0.00106. The van der Waals surface area contributed by atoms with Crippen LogP contribution in [0.5, 0.6) is 0 Å². The number of carbonyl (C=O) groups excluding carboxylic acids is 2. The Labute approximate surface area is 252 Å². The number of benzene rings is 2. The second-order valence-corrected chi connectivity index (χ2v) is 10.3. The van der Waals surface area contributed by atoms with Gasteiger partial charge in [-0.3, -0.25) is 14.6 Å². The van der Waals surface area contributed by atoms with Crippen LogP contribution in [0.1, 0.15) is 61.0 Å². The van der Waals surface area contributed by atoms with Crippen LogP contribution in [0, 0.1) is 0 Å². The molecule has 0 fully saturated rings. The van der Waals surface area contributed by atoms with Gasteiger partial charge in [0.25, 0.3) is 0 Å². The summed E-state index contributed by atoms with van der Waals surface area (Å²) in [6, 6.07) is 11.5. The molecule has 0 aliphatic carbocycles. The predicted octanol–water partition coefficient (Wildman–Crippen LogP) is 5.31. The summed E-state index contributed by atoms with van der Waals surface area (Å²) in [5, 5.41) is 8.31. The van der Waals surface area contributed by atoms with Gasteiger partial charge in [-0.05, 0) is 65.1 Å². The number of aldehydes is 1. The Morgan fingerprint density at radius 3 is 2.42 bits per heavy atom. The highest BCUT2D eigenvalue weighted by Gasteiger charge is 2.21. The lowest BCUT2D eigenvalue weighted by Crippen LogP contribution is -2.35. The smallest absolute Gasteiger partial charge is 0.250 e. The van der Waals surface area contributed by atoms with Crippen molar-refractivity contribution in [3.05, 3.63) is 75.3 Å². The summed E-state index contributed by atoms with van der Waals surface area (Å²) in [6.45, 7) is 6.08. The molecule has 226 valence electrons. The number of amides is 1. The second kappa shape index (κ2) is 15.9. The van der Waals surface area contributed by atoms with Crippen LogP contribution in [0.15, 0.2) is 63.5 Å². The van der Waals surface area contributed by atoms with Crippen LogP contribution in [-0.2, 0) is 4.79 Å². The Hall–Kier alpha value is -4.93. The standard InChI is InChI=1S/C31H40N10O2/c1-5-13-41(14-6-2)31(43)27-18-25-9-7-23(19-28(25)35-29(32)20-27)22-8-10-26(21-42)24(17-22)11-15-39(3)16-12-30(40(4)34)36-38-37-33/h7-11,15,17-19,21H,5-6,12-14,16,20,34H2,1-4H3,(H2,32,35)/b15-11-,36-30?. The van der Waals surface area contributed by atoms with Crippen molar-refractivity contribution in [2.24, 2.45) is 26.9 Å². The van der Waals surface area contributed by atoms with E-state index in [0.29, 0.717) is 61.0 Å². The Bertz CT molecular complexity index is 1480. The lowest BCUT2D eigenvalue weighted by molar-refractivity contribution is -0.127. The van der Waals surface area contributed by atoms with Gasteiger partial charge in [0.1, 0.15) is 5.84 Å². The van der Waals surface area contributed by atoms with Gasteiger partial charge in [0.15, 0.2) is 6.29 Å². The molecule has 2 aromatic carbocycles. The van der Waals surface area contributed by atoms with Crippen molar-refractivity contribution in [3.8, 4) is 11.1 Å². The minimum Gasteiger partial charge on any atom is -0.387 e. The highest BCUT2D eigenvalue weighted by Crippen LogP contribution is 2.33. The number of fused-ring (bicyclic) bond motifs is 1. The van der Waals surface area contributed by atoms with Gasteiger partial charge in [-0.1, -0.05) is 38.1 Å². The monoisotopic (exact) mass is 584 g/mol. The Morgan fingerprint density at radius 2 is 1.77 bits per heavy atom. The van der Waals surface area contributed by atoms with Crippen molar-refractivity contribution < 1.29 is 9.59 Å². The molecule has 43 heavy (non-hydrogen) atoms. The van der Waals surface area contributed by atoms with Crippen molar-refractivity contribution in [1.82, 2.24) is 14.8 Å². The summed E-state index contributed by atoms with van der Waals surface area (Å²) >= 11 is 0. The maximum Gasteiger partial charge on any atom is 0.250 e. The first-order valence-corrected chi connectivity index (χ1v) is 14.2. The van der Waals surface area contributed by atoms with Gasteiger partial charge in [-0.15, -0.1) is 5.53 Å². The third-order valence-electron chi connectivity index (χ3n) is 6.90. The first kappa shape index (κ1) is 32.6. The van der Waals surface area contributed by atoms with E-state index in [2.05, 4.69) is 34.1 Å². The van der Waals surface area contributed by atoms with Crippen LogP contribution in [0.25, 0.3) is 33.7 Å². The number of nitrogens with zero attached hydrogens (tertiary/aromatic N) is 8. The minimum absolute atomic E-state index is 0.00106. The molecule has 0 bridgehead atoms. The number of amidine groups is 2. The Morgan fingerprint density at radius 1 is 1.07 bits per heavy atom. The zero-order valence-electron chi connectivity index (χ0n) is 25.3. The maximum atomic E-state index is 13.3. The van der Waals surface area contributed by atoms with E-state index in [4.69, 9.17) is 17.1 Å². The number of hydrazine groups is 1. The molecule has 0 aromatic heterocycles.